The maximum Gasteiger partial charge on any atom is 0.308 e. The fourth-order valence-electron chi connectivity index (χ4n) is 4.11. The average Bonchev–Trinajstić information content (AvgIpc) is 3.36. The van der Waals surface area contributed by atoms with Crippen molar-refractivity contribution in [2.45, 2.75) is 45.6 Å². The van der Waals surface area contributed by atoms with Crippen LogP contribution in [0, 0.1) is 0 Å². The highest BCUT2D eigenvalue weighted by Crippen LogP contribution is 2.29. The quantitative estimate of drug-likeness (QED) is 0.392. The topological polar surface area (TPSA) is 105 Å². The number of halogens is 1. The van der Waals surface area contributed by atoms with E-state index in [1.165, 1.54) is 0 Å². The van der Waals surface area contributed by atoms with Crippen molar-refractivity contribution < 1.29 is 19.4 Å². The summed E-state index contributed by atoms with van der Waals surface area (Å²) < 4.78 is 5.62. The van der Waals surface area contributed by atoms with E-state index in [2.05, 4.69) is 20.2 Å². The maximum atomic E-state index is 12.6. The van der Waals surface area contributed by atoms with Crippen LogP contribution in [-0.4, -0.2) is 46.1 Å². The molecule has 2 heterocycles. The number of carboxylic acid groups (broad SMARTS) is 1. The Balaban J connectivity index is 1.44. The van der Waals surface area contributed by atoms with Crippen molar-refractivity contribution in [2.75, 3.05) is 23.3 Å². The zero-order chi connectivity index (χ0) is 25.7. The number of benzene rings is 2. The SMILES string of the molecule is CC(C)Oc1ccc(C(=O)Nc2ccc(Cc3nc(Cl)c(CC(=O)O)c(N4CCCC4)n3)cc2)cc1. The van der Waals surface area contributed by atoms with Crippen molar-refractivity contribution >= 4 is 35.0 Å². The molecule has 1 saturated heterocycles. The van der Waals surface area contributed by atoms with E-state index in [-0.39, 0.29) is 23.6 Å². The summed E-state index contributed by atoms with van der Waals surface area (Å²) in [6, 6.07) is 14.5. The predicted molar refractivity (Wildman–Crippen MR) is 139 cm³/mol. The summed E-state index contributed by atoms with van der Waals surface area (Å²) in [5.41, 5.74) is 2.60. The van der Waals surface area contributed by atoms with Gasteiger partial charge in [0, 0.05) is 36.3 Å². The van der Waals surface area contributed by atoms with Crippen molar-refractivity contribution in [1.29, 1.82) is 0 Å². The minimum absolute atomic E-state index is 0.0686. The second kappa shape index (κ2) is 11.4. The number of aliphatic carboxylic acids is 1. The number of rotatable bonds is 9. The molecule has 1 aromatic heterocycles. The van der Waals surface area contributed by atoms with E-state index < -0.39 is 5.97 Å². The van der Waals surface area contributed by atoms with E-state index in [4.69, 9.17) is 16.3 Å². The van der Waals surface area contributed by atoms with Gasteiger partial charge in [-0.3, -0.25) is 9.59 Å². The second-order valence-corrected chi connectivity index (χ2v) is 9.37. The van der Waals surface area contributed by atoms with E-state index in [0.717, 1.165) is 37.2 Å². The van der Waals surface area contributed by atoms with Gasteiger partial charge < -0.3 is 20.1 Å². The van der Waals surface area contributed by atoms with E-state index in [1.807, 2.05) is 38.1 Å². The molecule has 0 atom stereocenters. The van der Waals surface area contributed by atoms with Gasteiger partial charge in [-0.1, -0.05) is 23.7 Å². The Labute approximate surface area is 215 Å². The second-order valence-electron chi connectivity index (χ2n) is 9.02. The third kappa shape index (κ3) is 6.51. The Morgan fingerprint density at radius 2 is 1.72 bits per heavy atom. The largest absolute Gasteiger partial charge is 0.491 e. The highest BCUT2D eigenvalue weighted by Gasteiger charge is 2.23. The molecule has 9 heteroatoms. The molecule has 1 fully saturated rings. The van der Waals surface area contributed by atoms with Crippen LogP contribution in [0.3, 0.4) is 0 Å². The van der Waals surface area contributed by atoms with Crippen molar-refractivity contribution in [2.24, 2.45) is 0 Å². The Morgan fingerprint density at radius 3 is 2.33 bits per heavy atom. The summed E-state index contributed by atoms with van der Waals surface area (Å²) in [6.45, 7) is 5.54. The minimum Gasteiger partial charge on any atom is -0.491 e. The highest BCUT2D eigenvalue weighted by atomic mass is 35.5. The van der Waals surface area contributed by atoms with Crippen LogP contribution < -0.4 is 15.0 Å². The lowest BCUT2D eigenvalue weighted by molar-refractivity contribution is -0.136. The number of aromatic nitrogens is 2. The third-order valence-corrected chi connectivity index (χ3v) is 6.09. The van der Waals surface area contributed by atoms with Crippen molar-refractivity contribution in [1.82, 2.24) is 9.97 Å². The van der Waals surface area contributed by atoms with Crippen molar-refractivity contribution in [3.05, 3.63) is 76.2 Å². The van der Waals surface area contributed by atoms with Crippen LogP contribution in [0.4, 0.5) is 11.5 Å². The molecule has 3 aromatic rings. The van der Waals surface area contributed by atoms with E-state index >= 15 is 0 Å². The molecule has 2 N–H and O–H groups in total. The molecule has 1 aliphatic rings. The molecule has 1 amide bonds. The van der Waals surface area contributed by atoms with Crippen molar-refractivity contribution in [3.8, 4) is 5.75 Å². The van der Waals surface area contributed by atoms with Gasteiger partial charge in [-0.15, -0.1) is 0 Å². The van der Waals surface area contributed by atoms with E-state index in [0.29, 0.717) is 34.9 Å². The number of carbonyl (C=O) groups is 2. The lowest BCUT2D eigenvalue weighted by Gasteiger charge is -2.21. The average molecular weight is 509 g/mol. The van der Waals surface area contributed by atoms with Gasteiger partial charge in [0.25, 0.3) is 5.91 Å². The van der Waals surface area contributed by atoms with Crippen LogP contribution in [0.15, 0.2) is 48.5 Å². The van der Waals surface area contributed by atoms with Crippen LogP contribution >= 0.6 is 11.6 Å². The van der Waals surface area contributed by atoms with Crippen LogP contribution in [0.25, 0.3) is 0 Å². The number of anilines is 2. The van der Waals surface area contributed by atoms with Crippen LogP contribution in [0.1, 0.15) is 54.0 Å². The smallest absolute Gasteiger partial charge is 0.308 e. The molecular formula is C27H29ClN4O4. The molecule has 188 valence electrons. The Bertz CT molecular complexity index is 1220. The van der Waals surface area contributed by atoms with Gasteiger partial charge in [-0.2, -0.15) is 0 Å². The lowest BCUT2D eigenvalue weighted by atomic mass is 10.1. The molecule has 0 bridgehead atoms. The number of hydrogen-bond acceptors (Lipinski definition) is 6. The molecule has 1 aliphatic heterocycles. The van der Waals surface area contributed by atoms with Crippen LogP contribution in [0.5, 0.6) is 5.75 Å². The first-order valence-corrected chi connectivity index (χ1v) is 12.4. The molecule has 36 heavy (non-hydrogen) atoms. The summed E-state index contributed by atoms with van der Waals surface area (Å²) in [7, 11) is 0. The van der Waals surface area contributed by atoms with Gasteiger partial charge >= 0.3 is 5.97 Å². The fourth-order valence-corrected chi connectivity index (χ4v) is 4.36. The molecular weight excluding hydrogens is 480 g/mol. The lowest BCUT2D eigenvalue weighted by Crippen LogP contribution is -2.23. The zero-order valence-corrected chi connectivity index (χ0v) is 21.1. The first kappa shape index (κ1) is 25.4. The fraction of sp³-hybridized carbons (Fsp3) is 0.333. The van der Waals surface area contributed by atoms with Gasteiger partial charge in [-0.25, -0.2) is 9.97 Å². The Kier molecular flexibility index (Phi) is 8.05. The molecule has 0 aliphatic carbocycles. The van der Waals surface area contributed by atoms with Gasteiger partial charge in [0.15, 0.2) is 0 Å². The minimum atomic E-state index is -0.967. The zero-order valence-electron chi connectivity index (χ0n) is 20.3. The maximum absolute atomic E-state index is 12.6. The number of amides is 1. The Morgan fingerprint density at radius 1 is 1.06 bits per heavy atom. The molecule has 2 aromatic carbocycles. The molecule has 0 unspecified atom stereocenters. The van der Waals surface area contributed by atoms with Crippen LogP contribution in [0.2, 0.25) is 5.15 Å². The number of ether oxygens (including phenoxy) is 1. The summed E-state index contributed by atoms with van der Waals surface area (Å²) in [5.74, 6) is 0.677. The van der Waals surface area contributed by atoms with Crippen molar-refractivity contribution in [3.63, 3.8) is 0 Å². The first-order chi connectivity index (χ1) is 17.3. The summed E-state index contributed by atoms with van der Waals surface area (Å²) in [4.78, 5) is 35.1. The summed E-state index contributed by atoms with van der Waals surface area (Å²) >= 11 is 6.40. The number of hydrogen-bond donors (Lipinski definition) is 2. The van der Waals surface area contributed by atoms with Crippen LogP contribution in [-0.2, 0) is 17.6 Å². The number of carbonyl (C=O) groups excluding carboxylic acids is 1. The van der Waals surface area contributed by atoms with Gasteiger partial charge in [0.2, 0.25) is 0 Å². The molecule has 0 saturated carbocycles. The van der Waals surface area contributed by atoms with Gasteiger partial charge in [0.1, 0.15) is 22.5 Å². The predicted octanol–water partition coefficient (Wildman–Crippen LogP) is 4.99. The van der Waals surface area contributed by atoms with Gasteiger partial charge in [-0.05, 0) is 68.7 Å². The molecule has 0 spiro atoms. The monoisotopic (exact) mass is 508 g/mol. The molecule has 4 rings (SSSR count). The number of nitrogens with one attached hydrogen (secondary N) is 1. The normalized spacial score (nSPS) is 13.2. The van der Waals surface area contributed by atoms with E-state index in [1.54, 1.807) is 24.3 Å². The number of nitrogens with zero attached hydrogens (tertiary/aromatic N) is 3. The Hall–Kier alpha value is -3.65. The summed E-state index contributed by atoms with van der Waals surface area (Å²) in [5, 5.41) is 12.4. The molecule has 0 radical (unpaired) electrons. The number of carboxylic acids is 1. The third-order valence-electron chi connectivity index (χ3n) is 5.78. The summed E-state index contributed by atoms with van der Waals surface area (Å²) in [6.07, 6.45) is 2.35. The first-order valence-electron chi connectivity index (χ1n) is 12.0. The molecule has 8 nitrogen and oxygen atoms in total. The van der Waals surface area contributed by atoms with Gasteiger partial charge in [0.05, 0.1) is 12.5 Å². The van der Waals surface area contributed by atoms with E-state index in [9.17, 15) is 14.7 Å². The standard InChI is InChI=1S/C27H29ClN4O4/c1-17(2)36-21-11-7-19(8-12-21)27(35)29-20-9-5-18(6-10-20)15-23-30-25(28)22(16-24(33)34)26(31-23)32-13-3-4-14-32/h5-12,17H,3-4,13-16H2,1-2H3,(H,29,35)(H,33,34). The highest BCUT2D eigenvalue weighted by molar-refractivity contribution is 6.30.